The Morgan fingerprint density at radius 3 is 2.71 bits per heavy atom. The van der Waals surface area contributed by atoms with Gasteiger partial charge in [-0.05, 0) is 41.6 Å². The Balaban J connectivity index is 2.30. The smallest absolute Gasteiger partial charge is 0.129 e. The number of nitrogens with two attached hydrogens (primary N) is 1. The van der Waals surface area contributed by atoms with Gasteiger partial charge in [0.1, 0.15) is 16.8 Å². The van der Waals surface area contributed by atoms with Gasteiger partial charge >= 0.3 is 0 Å². The summed E-state index contributed by atoms with van der Waals surface area (Å²) in [5, 5.41) is 11.2. The molecule has 0 aliphatic heterocycles. The van der Waals surface area contributed by atoms with E-state index in [1.54, 1.807) is 17.4 Å². The molecule has 0 aliphatic rings. The molecule has 0 amide bonds. The number of halogens is 1. The molecule has 2 heterocycles. The molecule has 3 rings (SSSR count). The van der Waals surface area contributed by atoms with Crippen molar-refractivity contribution in [3.05, 3.63) is 52.0 Å². The van der Waals surface area contributed by atoms with Gasteiger partial charge in [0, 0.05) is 15.3 Å². The van der Waals surface area contributed by atoms with Gasteiger partial charge < -0.3 is 5.73 Å². The maximum Gasteiger partial charge on any atom is 0.129 e. The highest BCUT2D eigenvalue weighted by molar-refractivity contribution is 7.19. The van der Waals surface area contributed by atoms with Crippen LogP contribution < -0.4 is 5.73 Å². The first-order valence-corrected chi connectivity index (χ1v) is 7.94. The van der Waals surface area contributed by atoms with E-state index in [-0.39, 0.29) is 5.82 Å². The Morgan fingerprint density at radius 2 is 2.10 bits per heavy atom. The summed E-state index contributed by atoms with van der Waals surface area (Å²) in [6.07, 6.45) is 0. The Morgan fingerprint density at radius 1 is 1.29 bits per heavy atom. The van der Waals surface area contributed by atoms with Crippen molar-refractivity contribution >= 4 is 28.4 Å². The lowest BCUT2D eigenvalue weighted by Gasteiger charge is -2.07. The van der Waals surface area contributed by atoms with E-state index in [0.29, 0.717) is 10.6 Å². The summed E-state index contributed by atoms with van der Waals surface area (Å²) in [5.41, 5.74) is 9.27. The first-order chi connectivity index (χ1) is 10.1. The Labute approximate surface area is 129 Å². The number of nitrogen functional groups attached to an aromatic ring is 1. The number of nitrogens with zero attached hydrogens (tertiary/aromatic N) is 1. The minimum Gasteiger partial charge on any atom is -0.396 e. The summed E-state index contributed by atoms with van der Waals surface area (Å²) in [4.78, 5) is 2.44. The largest absolute Gasteiger partial charge is 0.396 e. The van der Waals surface area contributed by atoms with Gasteiger partial charge in [-0.3, -0.25) is 0 Å². The van der Waals surface area contributed by atoms with Gasteiger partial charge in [-0.15, -0.1) is 22.7 Å². The summed E-state index contributed by atoms with van der Waals surface area (Å²) in [7, 11) is 0. The molecule has 2 nitrogen and oxygen atoms in total. The second kappa shape index (κ2) is 5.32. The lowest BCUT2D eigenvalue weighted by Crippen LogP contribution is -1.89. The molecule has 21 heavy (non-hydrogen) atoms. The third kappa shape index (κ3) is 2.33. The summed E-state index contributed by atoms with van der Waals surface area (Å²) < 4.78 is 13.3. The van der Waals surface area contributed by atoms with E-state index in [0.717, 1.165) is 26.4 Å². The van der Waals surface area contributed by atoms with Crippen LogP contribution in [0.25, 0.3) is 20.9 Å². The number of hydrogen-bond donors (Lipinski definition) is 1. The monoisotopic (exact) mass is 314 g/mol. The minimum atomic E-state index is -0.265. The summed E-state index contributed by atoms with van der Waals surface area (Å²) in [6, 6.07) is 10.7. The van der Waals surface area contributed by atoms with Crippen LogP contribution in [0.15, 0.2) is 35.7 Å². The van der Waals surface area contributed by atoms with Gasteiger partial charge in [0.15, 0.2) is 0 Å². The highest BCUT2D eigenvalue weighted by Gasteiger charge is 2.20. The molecule has 0 bridgehead atoms. The average Bonchev–Trinajstić information content (AvgIpc) is 3.06. The Hall–Kier alpha value is -2.16. The van der Waals surface area contributed by atoms with E-state index in [1.807, 2.05) is 24.4 Å². The second-order valence-corrected chi connectivity index (χ2v) is 6.57. The van der Waals surface area contributed by atoms with Gasteiger partial charge in [0.2, 0.25) is 0 Å². The van der Waals surface area contributed by atoms with Crippen molar-refractivity contribution in [2.24, 2.45) is 0 Å². The third-order valence-electron chi connectivity index (χ3n) is 3.25. The van der Waals surface area contributed by atoms with Crippen LogP contribution in [0.3, 0.4) is 0 Å². The average molecular weight is 314 g/mol. The van der Waals surface area contributed by atoms with Crippen LogP contribution in [0.1, 0.15) is 10.4 Å². The standard InChI is InChI=1S/C16H11FN2S2/c1-9-7-10(17)4-5-11(9)16-14(12-3-2-6-20-12)15(19)13(8-18)21-16/h2-7H,19H2,1H3. The van der Waals surface area contributed by atoms with Crippen LogP contribution in [-0.4, -0.2) is 0 Å². The lowest BCUT2D eigenvalue weighted by atomic mass is 10.0. The molecular formula is C16H11FN2S2. The number of nitriles is 1. The molecule has 0 unspecified atom stereocenters. The molecular weight excluding hydrogens is 303 g/mol. The van der Waals surface area contributed by atoms with Gasteiger partial charge in [-0.2, -0.15) is 5.26 Å². The van der Waals surface area contributed by atoms with Crippen molar-refractivity contribution in [3.8, 4) is 27.0 Å². The number of aryl methyl sites for hydroxylation is 1. The predicted molar refractivity (Wildman–Crippen MR) is 86.9 cm³/mol. The maximum absolute atomic E-state index is 13.3. The Bertz CT molecular complexity index is 842. The zero-order valence-corrected chi connectivity index (χ0v) is 12.8. The summed E-state index contributed by atoms with van der Waals surface area (Å²) >= 11 is 2.93. The zero-order valence-electron chi connectivity index (χ0n) is 11.2. The van der Waals surface area contributed by atoms with Crippen LogP contribution in [0.5, 0.6) is 0 Å². The van der Waals surface area contributed by atoms with E-state index in [9.17, 15) is 9.65 Å². The number of thiophene rings is 2. The van der Waals surface area contributed by atoms with Gasteiger partial charge in [-0.25, -0.2) is 4.39 Å². The fourth-order valence-electron chi connectivity index (χ4n) is 2.26. The van der Waals surface area contributed by atoms with Gasteiger partial charge in [0.05, 0.1) is 5.69 Å². The SMILES string of the molecule is Cc1cc(F)ccc1-c1sc(C#N)c(N)c1-c1cccs1. The fraction of sp³-hybridized carbons (Fsp3) is 0.0625. The van der Waals surface area contributed by atoms with E-state index in [2.05, 4.69) is 6.07 Å². The normalized spacial score (nSPS) is 10.5. The second-order valence-electron chi connectivity index (χ2n) is 4.60. The third-order valence-corrected chi connectivity index (χ3v) is 5.28. The maximum atomic E-state index is 13.3. The highest BCUT2D eigenvalue weighted by Crippen LogP contribution is 2.46. The molecule has 0 saturated heterocycles. The first-order valence-electron chi connectivity index (χ1n) is 6.24. The van der Waals surface area contributed by atoms with Crippen LogP contribution in [0.2, 0.25) is 0 Å². The number of benzene rings is 1. The number of rotatable bonds is 2. The molecule has 2 N–H and O–H groups in total. The predicted octanol–water partition coefficient (Wildman–Crippen LogP) is 5.05. The van der Waals surface area contributed by atoms with Gasteiger partial charge in [0.25, 0.3) is 0 Å². The molecule has 0 aliphatic carbocycles. The lowest BCUT2D eigenvalue weighted by molar-refractivity contribution is 0.627. The molecule has 2 aromatic heterocycles. The van der Waals surface area contributed by atoms with Crippen molar-refractivity contribution in [3.63, 3.8) is 0 Å². The van der Waals surface area contributed by atoms with Crippen molar-refractivity contribution < 1.29 is 4.39 Å². The van der Waals surface area contributed by atoms with Crippen molar-refractivity contribution in [2.75, 3.05) is 5.73 Å². The molecule has 0 radical (unpaired) electrons. The van der Waals surface area contributed by atoms with Crippen LogP contribution in [0, 0.1) is 24.1 Å². The van der Waals surface area contributed by atoms with Crippen LogP contribution in [-0.2, 0) is 0 Å². The van der Waals surface area contributed by atoms with E-state index in [1.165, 1.54) is 23.5 Å². The van der Waals surface area contributed by atoms with E-state index in [4.69, 9.17) is 5.73 Å². The van der Waals surface area contributed by atoms with Crippen LogP contribution >= 0.6 is 22.7 Å². The topological polar surface area (TPSA) is 49.8 Å². The molecule has 5 heteroatoms. The minimum absolute atomic E-state index is 0.265. The molecule has 104 valence electrons. The molecule has 0 fully saturated rings. The van der Waals surface area contributed by atoms with Crippen molar-refractivity contribution in [1.29, 1.82) is 5.26 Å². The molecule has 0 atom stereocenters. The van der Waals surface area contributed by atoms with E-state index < -0.39 is 0 Å². The summed E-state index contributed by atoms with van der Waals surface area (Å²) in [5.74, 6) is -0.265. The first kappa shape index (κ1) is 13.8. The molecule has 3 aromatic rings. The Kier molecular flexibility index (Phi) is 3.50. The quantitative estimate of drug-likeness (QED) is 0.720. The molecule has 0 spiro atoms. The van der Waals surface area contributed by atoms with Crippen molar-refractivity contribution in [1.82, 2.24) is 0 Å². The summed E-state index contributed by atoms with van der Waals surface area (Å²) in [6.45, 7) is 1.86. The fourth-order valence-corrected chi connectivity index (χ4v) is 4.24. The van der Waals surface area contributed by atoms with Crippen LogP contribution in [0.4, 0.5) is 10.1 Å². The van der Waals surface area contributed by atoms with E-state index >= 15 is 0 Å². The van der Waals surface area contributed by atoms with Crippen molar-refractivity contribution in [2.45, 2.75) is 6.92 Å². The molecule has 1 aromatic carbocycles. The highest BCUT2D eigenvalue weighted by atomic mass is 32.1. The number of anilines is 1. The number of hydrogen-bond acceptors (Lipinski definition) is 4. The van der Waals surface area contributed by atoms with Gasteiger partial charge in [-0.1, -0.05) is 12.1 Å². The zero-order chi connectivity index (χ0) is 15.0. The molecule has 0 saturated carbocycles.